The summed E-state index contributed by atoms with van der Waals surface area (Å²) in [5.41, 5.74) is 2.45. The van der Waals surface area contributed by atoms with Gasteiger partial charge in [0.05, 0.1) is 5.39 Å². The number of nitrogens with zero attached hydrogens (tertiary/aromatic N) is 4. The zero-order chi connectivity index (χ0) is 28.4. The number of benzene rings is 1. The highest BCUT2D eigenvalue weighted by Gasteiger charge is 2.31. The maximum absolute atomic E-state index is 15.2. The fraction of sp³-hybridized carbons (Fsp3) is 0.345. The second-order valence-corrected chi connectivity index (χ2v) is 10.3. The molecule has 0 saturated carbocycles. The number of carbonyl (C=O) groups excluding carboxylic acids is 2. The van der Waals surface area contributed by atoms with Crippen LogP contribution in [0.5, 0.6) is 0 Å². The minimum Gasteiger partial charge on any atom is -0.363 e. The molecule has 1 aliphatic rings. The van der Waals surface area contributed by atoms with E-state index in [2.05, 4.69) is 37.6 Å². The van der Waals surface area contributed by atoms with E-state index in [0.717, 1.165) is 23.8 Å². The number of aromatic amines is 1. The van der Waals surface area contributed by atoms with Gasteiger partial charge in [0.1, 0.15) is 11.6 Å². The first kappa shape index (κ1) is 27.0. The Morgan fingerprint density at radius 1 is 1.30 bits per heavy atom. The standard InChI is InChI=1S/C29H32FN7O3/c1-5-25(38)37-12-6-7-22(17(37)4)33-28-26-20(10-11-31-27(26)34-35-28)18-8-9-19(21(30)13-18)15-32-29(39)23-14-24(16(2)3)40-36-23/h5,8-11,13-14,16-17,22H,1,6-7,12,15H2,2-4H3,(H,32,39)(H2,31,33,34,35)/t17-,22-/m1/s1. The number of hydrogen-bond donors (Lipinski definition) is 3. The molecular formula is C29H32FN7O3. The van der Waals surface area contributed by atoms with Crippen LogP contribution in [0.15, 0.2) is 53.7 Å². The first-order valence-electron chi connectivity index (χ1n) is 13.3. The Morgan fingerprint density at radius 3 is 2.85 bits per heavy atom. The lowest BCUT2D eigenvalue weighted by molar-refractivity contribution is -0.129. The van der Waals surface area contributed by atoms with Crippen LogP contribution in [0.25, 0.3) is 22.2 Å². The van der Waals surface area contributed by atoms with Crippen molar-refractivity contribution in [3.63, 3.8) is 0 Å². The topological polar surface area (TPSA) is 129 Å². The third-order valence-corrected chi connectivity index (χ3v) is 7.36. The summed E-state index contributed by atoms with van der Waals surface area (Å²) in [5.74, 6) is 0.316. The summed E-state index contributed by atoms with van der Waals surface area (Å²) in [6.45, 7) is 10.2. The molecule has 2 atom stereocenters. The first-order chi connectivity index (χ1) is 19.3. The molecule has 0 unspecified atom stereocenters. The summed E-state index contributed by atoms with van der Waals surface area (Å²) in [5, 5.41) is 18.1. The van der Waals surface area contributed by atoms with E-state index < -0.39 is 11.7 Å². The van der Waals surface area contributed by atoms with Crippen molar-refractivity contribution >= 4 is 28.7 Å². The molecule has 1 aromatic carbocycles. The van der Waals surface area contributed by atoms with Crippen molar-refractivity contribution in [3.8, 4) is 11.1 Å². The number of rotatable bonds is 8. The van der Waals surface area contributed by atoms with E-state index in [0.29, 0.717) is 34.9 Å². The van der Waals surface area contributed by atoms with Gasteiger partial charge in [-0.25, -0.2) is 9.37 Å². The lowest BCUT2D eigenvalue weighted by Crippen LogP contribution is -2.51. The highest BCUT2D eigenvalue weighted by Crippen LogP contribution is 2.34. The number of carbonyl (C=O) groups is 2. The van der Waals surface area contributed by atoms with Crippen molar-refractivity contribution < 1.29 is 18.5 Å². The Bertz CT molecular complexity index is 1560. The molecule has 2 amide bonds. The summed E-state index contributed by atoms with van der Waals surface area (Å²) >= 11 is 0. The number of likely N-dealkylation sites (tertiary alicyclic amines) is 1. The van der Waals surface area contributed by atoms with Crippen LogP contribution in [0.1, 0.15) is 61.3 Å². The number of piperidine rings is 1. The normalized spacial score (nSPS) is 17.3. The number of amides is 2. The Kier molecular flexibility index (Phi) is 7.63. The monoisotopic (exact) mass is 545 g/mol. The fourth-order valence-electron chi connectivity index (χ4n) is 5.03. The Morgan fingerprint density at radius 2 is 2.12 bits per heavy atom. The lowest BCUT2D eigenvalue weighted by Gasteiger charge is -2.39. The third kappa shape index (κ3) is 5.31. The third-order valence-electron chi connectivity index (χ3n) is 7.36. The highest BCUT2D eigenvalue weighted by atomic mass is 19.1. The summed E-state index contributed by atoms with van der Waals surface area (Å²) in [4.78, 5) is 31.0. The predicted molar refractivity (Wildman–Crippen MR) is 149 cm³/mol. The molecule has 3 aromatic heterocycles. The van der Waals surface area contributed by atoms with Crippen molar-refractivity contribution in [1.29, 1.82) is 0 Å². The molecule has 0 bridgehead atoms. The first-order valence-corrected chi connectivity index (χ1v) is 13.3. The van der Waals surface area contributed by atoms with Gasteiger partial charge in [-0.05, 0) is 49.1 Å². The molecule has 5 rings (SSSR count). The predicted octanol–water partition coefficient (Wildman–Crippen LogP) is 4.78. The molecule has 11 heteroatoms. The van der Waals surface area contributed by atoms with Gasteiger partial charge in [0.15, 0.2) is 17.2 Å². The second kappa shape index (κ2) is 11.3. The average Bonchev–Trinajstić information content (AvgIpc) is 3.61. The number of anilines is 1. The van der Waals surface area contributed by atoms with Crippen LogP contribution in [0, 0.1) is 5.82 Å². The van der Waals surface area contributed by atoms with Gasteiger partial charge < -0.3 is 20.1 Å². The van der Waals surface area contributed by atoms with Gasteiger partial charge in [-0.2, -0.15) is 5.10 Å². The van der Waals surface area contributed by atoms with Crippen molar-refractivity contribution in [2.75, 3.05) is 11.9 Å². The van der Waals surface area contributed by atoms with Crippen LogP contribution >= 0.6 is 0 Å². The molecule has 4 aromatic rings. The minimum absolute atomic E-state index is 0.00140. The van der Waals surface area contributed by atoms with Gasteiger partial charge in [0.25, 0.3) is 5.91 Å². The van der Waals surface area contributed by atoms with Crippen LogP contribution in [0.4, 0.5) is 10.2 Å². The molecule has 208 valence electrons. The number of H-pyrrole nitrogens is 1. The molecule has 1 fully saturated rings. The van der Waals surface area contributed by atoms with Gasteiger partial charge in [-0.1, -0.05) is 37.7 Å². The van der Waals surface area contributed by atoms with Crippen LogP contribution in [0.2, 0.25) is 0 Å². The number of nitrogens with one attached hydrogen (secondary N) is 3. The van der Waals surface area contributed by atoms with Gasteiger partial charge in [-0.15, -0.1) is 0 Å². The number of aromatic nitrogens is 4. The Hall–Kier alpha value is -4.54. The lowest BCUT2D eigenvalue weighted by atomic mass is 9.96. The van der Waals surface area contributed by atoms with Gasteiger partial charge in [0, 0.05) is 48.9 Å². The van der Waals surface area contributed by atoms with Crippen molar-refractivity contribution in [1.82, 2.24) is 30.6 Å². The average molecular weight is 546 g/mol. The van der Waals surface area contributed by atoms with Crippen LogP contribution < -0.4 is 10.6 Å². The Balaban J connectivity index is 1.35. The summed E-state index contributed by atoms with van der Waals surface area (Å²) in [7, 11) is 0. The number of pyridine rings is 1. The molecule has 1 aliphatic heterocycles. The van der Waals surface area contributed by atoms with Crippen LogP contribution in [-0.4, -0.2) is 55.7 Å². The smallest absolute Gasteiger partial charge is 0.273 e. The quantitative estimate of drug-likeness (QED) is 0.272. The van der Waals surface area contributed by atoms with Crippen molar-refractivity contribution in [3.05, 3.63) is 72.0 Å². The van der Waals surface area contributed by atoms with Gasteiger partial charge in [-0.3, -0.25) is 14.7 Å². The van der Waals surface area contributed by atoms with Gasteiger partial charge in [0.2, 0.25) is 5.91 Å². The summed E-state index contributed by atoms with van der Waals surface area (Å²) in [6.07, 6.45) is 4.70. The van der Waals surface area contributed by atoms with E-state index in [-0.39, 0.29) is 36.1 Å². The molecule has 10 nitrogen and oxygen atoms in total. The number of hydrogen-bond acceptors (Lipinski definition) is 7. The van der Waals surface area contributed by atoms with Gasteiger partial charge >= 0.3 is 0 Å². The SMILES string of the molecule is C=CC(=O)N1CCC[C@@H](Nc2n[nH]c3nccc(-c4ccc(CNC(=O)c5cc(C(C)C)on5)c(F)c4)c23)[C@H]1C. The molecule has 0 aliphatic carbocycles. The van der Waals surface area contributed by atoms with Crippen molar-refractivity contribution in [2.45, 2.75) is 58.2 Å². The molecular weight excluding hydrogens is 513 g/mol. The van der Waals surface area contributed by atoms with E-state index in [1.165, 1.54) is 12.1 Å². The minimum atomic E-state index is -0.455. The van der Waals surface area contributed by atoms with Crippen molar-refractivity contribution in [2.24, 2.45) is 0 Å². The summed E-state index contributed by atoms with van der Waals surface area (Å²) in [6, 6.07) is 8.20. The molecule has 0 spiro atoms. The largest absolute Gasteiger partial charge is 0.363 e. The Labute approximate surface area is 231 Å². The van der Waals surface area contributed by atoms with E-state index in [1.807, 2.05) is 26.8 Å². The van der Waals surface area contributed by atoms with Crippen LogP contribution in [0.3, 0.4) is 0 Å². The van der Waals surface area contributed by atoms with E-state index in [1.54, 1.807) is 29.3 Å². The zero-order valence-corrected chi connectivity index (χ0v) is 22.7. The van der Waals surface area contributed by atoms with E-state index >= 15 is 4.39 Å². The molecule has 4 heterocycles. The number of fused-ring (bicyclic) bond motifs is 1. The van der Waals surface area contributed by atoms with E-state index in [9.17, 15) is 9.59 Å². The number of halogens is 1. The maximum atomic E-state index is 15.2. The molecule has 3 N–H and O–H groups in total. The maximum Gasteiger partial charge on any atom is 0.273 e. The molecule has 1 saturated heterocycles. The molecule has 0 radical (unpaired) electrons. The second-order valence-electron chi connectivity index (χ2n) is 10.3. The zero-order valence-electron chi connectivity index (χ0n) is 22.7. The van der Waals surface area contributed by atoms with Crippen LogP contribution in [-0.2, 0) is 11.3 Å². The summed E-state index contributed by atoms with van der Waals surface area (Å²) < 4.78 is 20.4. The highest BCUT2D eigenvalue weighted by molar-refractivity contribution is 6.00. The van der Waals surface area contributed by atoms with E-state index in [4.69, 9.17) is 4.52 Å². The fourth-order valence-corrected chi connectivity index (χ4v) is 5.03. The molecule has 40 heavy (non-hydrogen) atoms.